The van der Waals surface area contributed by atoms with Gasteiger partial charge in [-0.3, -0.25) is 14.7 Å². The van der Waals surface area contributed by atoms with Gasteiger partial charge in [-0.2, -0.15) is 0 Å². The molecule has 2 aromatic rings. The van der Waals surface area contributed by atoms with E-state index in [1.165, 1.54) is 5.56 Å². The summed E-state index contributed by atoms with van der Waals surface area (Å²) in [7, 11) is 0. The van der Waals surface area contributed by atoms with Gasteiger partial charge in [-0.1, -0.05) is 0 Å². The van der Waals surface area contributed by atoms with Gasteiger partial charge in [0.25, 0.3) is 5.91 Å². The van der Waals surface area contributed by atoms with E-state index >= 15 is 0 Å². The van der Waals surface area contributed by atoms with E-state index in [4.69, 9.17) is 4.74 Å². The van der Waals surface area contributed by atoms with Crippen molar-refractivity contribution in [1.82, 2.24) is 24.3 Å². The maximum atomic E-state index is 13.0. The highest BCUT2D eigenvalue weighted by Crippen LogP contribution is 2.40. The number of likely N-dealkylation sites (tertiary alicyclic amines) is 1. The van der Waals surface area contributed by atoms with E-state index < -0.39 is 11.7 Å². The molecule has 0 aromatic carbocycles. The molecule has 0 radical (unpaired) electrons. The Balaban J connectivity index is 1.50. The number of ether oxygens (including phenoxy) is 1. The Kier molecular flexibility index (Phi) is 5.46. The van der Waals surface area contributed by atoms with E-state index in [0.717, 1.165) is 38.3 Å². The summed E-state index contributed by atoms with van der Waals surface area (Å²) in [5, 5.41) is 0. The third kappa shape index (κ3) is 3.56. The number of piperidine rings is 1. The van der Waals surface area contributed by atoms with Crippen LogP contribution in [-0.4, -0.2) is 62.5 Å². The maximum absolute atomic E-state index is 13.0. The van der Waals surface area contributed by atoms with Gasteiger partial charge in [0, 0.05) is 57.5 Å². The van der Waals surface area contributed by atoms with Crippen LogP contribution in [0.15, 0.2) is 36.9 Å². The molecule has 1 atom stereocenters. The number of hydrogen-bond acceptors (Lipinski definition) is 5. The second kappa shape index (κ2) is 8.01. The molecule has 0 unspecified atom stereocenters. The predicted molar refractivity (Wildman–Crippen MR) is 105 cm³/mol. The number of imidazole rings is 1. The number of amides is 1. The summed E-state index contributed by atoms with van der Waals surface area (Å²) in [5.41, 5.74) is 0.802. The van der Waals surface area contributed by atoms with Crippen LogP contribution in [0.3, 0.4) is 0 Å². The molecule has 7 nitrogen and oxygen atoms in total. The number of aromatic nitrogens is 3. The molecular formula is C21H29N5O2. The molecule has 4 rings (SSSR count). The van der Waals surface area contributed by atoms with Crippen molar-refractivity contribution in [3.05, 3.63) is 48.3 Å². The number of fused-ring (bicyclic) bond motifs is 2. The Morgan fingerprint density at radius 1 is 1.21 bits per heavy atom. The minimum atomic E-state index is -0.468. The molecule has 7 heteroatoms. The molecule has 4 heterocycles. The van der Waals surface area contributed by atoms with Gasteiger partial charge in [0.15, 0.2) is 6.10 Å². The zero-order valence-corrected chi connectivity index (χ0v) is 16.8. The number of carbonyl (C=O) groups is 1. The van der Waals surface area contributed by atoms with Gasteiger partial charge in [0.1, 0.15) is 11.4 Å². The largest absolute Gasteiger partial charge is 0.352 e. The Morgan fingerprint density at radius 2 is 1.93 bits per heavy atom. The van der Waals surface area contributed by atoms with Gasteiger partial charge in [0.05, 0.1) is 6.54 Å². The fraction of sp³-hybridized carbons (Fsp3) is 0.571. The smallest absolute Gasteiger partial charge is 0.253 e. The Labute approximate surface area is 166 Å². The molecule has 1 saturated heterocycles. The van der Waals surface area contributed by atoms with E-state index in [1.54, 1.807) is 0 Å². The van der Waals surface area contributed by atoms with E-state index in [0.29, 0.717) is 19.6 Å². The van der Waals surface area contributed by atoms with Crippen molar-refractivity contribution in [1.29, 1.82) is 0 Å². The van der Waals surface area contributed by atoms with Crippen molar-refractivity contribution in [2.45, 2.75) is 51.5 Å². The maximum Gasteiger partial charge on any atom is 0.253 e. The fourth-order valence-electron chi connectivity index (χ4n) is 4.42. The van der Waals surface area contributed by atoms with Gasteiger partial charge >= 0.3 is 0 Å². The molecule has 1 spiro atoms. The van der Waals surface area contributed by atoms with Gasteiger partial charge in [-0.15, -0.1) is 0 Å². The van der Waals surface area contributed by atoms with Crippen molar-refractivity contribution in [3.8, 4) is 0 Å². The van der Waals surface area contributed by atoms with E-state index in [2.05, 4.69) is 31.6 Å². The molecule has 0 saturated carbocycles. The van der Waals surface area contributed by atoms with Crippen LogP contribution >= 0.6 is 0 Å². The third-order valence-electron chi connectivity index (χ3n) is 6.02. The number of hydrogen-bond donors (Lipinski definition) is 0. The van der Waals surface area contributed by atoms with Crippen LogP contribution in [0, 0.1) is 0 Å². The molecule has 150 valence electrons. The van der Waals surface area contributed by atoms with Crippen molar-refractivity contribution in [3.63, 3.8) is 0 Å². The van der Waals surface area contributed by atoms with Gasteiger partial charge < -0.3 is 14.2 Å². The summed E-state index contributed by atoms with van der Waals surface area (Å²) in [6, 6.07) is 4.12. The Hall–Kier alpha value is -2.25. The summed E-state index contributed by atoms with van der Waals surface area (Å²) in [5.74, 6) is 1.06. The standard InChI is InChI=1S/C21H29N5O2/c1-3-25(4-2)19(27)18-16-26-14-11-23-20(26)21(28-18)7-12-24(13-8-21)15-17-5-9-22-10-6-17/h5-6,9-11,14,18H,3-4,7-8,12-13,15-16H2,1-2H3/t18-/m0/s1. The van der Waals surface area contributed by atoms with Crippen molar-refractivity contribution < 1.29 is 9.53 Å². The normalized spacial score (nSPS) is 21.4. The molecule has 0 aliphatic carbocycles. The average Bonchev–Trinajstić information content (AvgIpc) is 3.21. The zero-order chi connectivity index (χ0) is 19.6. The van der Waals surface area contributed by atoms with E-state index in [9.17, 15) is 4.79 Å². The lowest BCUT2D eigenvalue weighted by Crippen LogP contribution is -2.54. The summed E-state index contributed by atoms with van der Waals surface area (Å²) in [6.45, 7) is 8.74. The summed E-state index contributed by atoms with van der Waals surface area (Å²) < 4.78 is 8.65. The Morgan fingerprint density at radius 3 is 2.61 bits per heavy atom. The SMILES string of the molecule is CCN(CC)C(=O)[C@@H]1Cn2ccnc2C2(CCN(Cc3ccncc3)CC2)O1. The average molecular weight is 383 g/mol. The molecule has 2 aliphatic heterocycles. The lowest BCUT2D eigenvalue weighted by Gasteiger charge is -2.46. The molecule has 1 amide bonds. The number of rotatable bonds is 5. The van der Waals surface area contributed by atoms with Crippen molar-refractivity contribution >= 4 is 5.91 Å². The molecule has 28 heavy (non-hydrogen) atoms. The number of pyridine rings is 1. The van der Waals surface area contributed by atoms with Crippen LogP contribution < -0.4 is 0 Å². The first-order valence-electron chi connectivity index (χ1n) is 10.2. The highest BCUT2D eigenvalue weighted by atomic mass is 16.5. The second-order valence-corrected chi connectivity index (χ2v) is 7.65. The molecule has 1 fully saturated rings. The minimum Gasteiger partial charge on any atom is -0.352 e. The lowest BCUT2D eigenvalue weighted by molar-refractivity contribution is -0.181. The zero-order valence-electron chi connectivity index (χ0n) is 16.8. The highest BCUT2D eigenvalue weighted by Gasteiger charge is 2.47. The van der Waals surface area contributed by atoms with Crippen molar-refractivity contribution in [2.75, 3.05) is 26.2 Å². The van der Waals surface area contributed by atoms with Gasteiger partial charge in [0.2, 0.25) is 0 Å². The van der Waals surface area contributed by atoms with Crippen LogP contribution in [0.25, 0.3) is 0 Å². The Bertz CT molecular complexity index is 794. The highest BCUT2D eigenvalue weighted by molar-refractivity contribution is 5.81. The van der Waals surface area contributed by atoms with Crippen molar-refractivity contribution in [2.24, 2.45) is 0 Å². The molecule has 2 aliphatic rings. The summed E-state index contributed by atoms with van der Waals surface area (Å²) in [4.78, 5) is 26.0. The molecule has 0 bridgehead atoms. The molecule has 0 N–H and O–H groups in total. The summed E-state index contributed by atoms with van der Waals surface area (Å²) >= 11 is 0. The first-order valence-corrected chi connectivity index (χ1v) is 10.2. The second-order valence-electron chi connectivity index (χ2n) is 7.65. The topological polar surface area (TPSA) is 63.5 Å². The molecular weight excluding hydrogens is 354 g/mol. The fourth-order valence-corrected chi connectivity index (χ4v) is 4.42. The van der Waals surface area contributed by atoms with Gasteiger partial charge in [-0.25, -0.2) is 4.98 Å². The predicted octanol–water partition coefficient (Wildman–Crippen LogP) is 2.04. The molecule has 2 aromatic heterocycles. The number of nitrogens with zero attached hydrogens (tertiary/aromatic N) is 5. The monoisotopic (exact) mass is 383 g/mol. The number of carbonyl (C=O) groups excluding carboxylic acids is 1. The first kappa shape index (κ1) is 19.1. The third-order valence-corrected chi connectivity index (χ3v) is 6.02. The quantitative estimate of drug-likeness (QED) is 0.791. The summed E-state index contributed by atoms with van der Waals surface area (Å²) in [6.07, 6.45) is 8.73. The van der Waals surface area contributed by atoms with Gasteiger partial charge in [-0.05, 0) is 44.4 Å². The lowest BCUT2D eigenvalue weighted by atomic mass is 9.88. The van der Waals surface area contributed by atoms with Crippen LogP contribution in [-0.2, 0) is 28.2 Å². The van der Waals surface area contributed by atoms with E-state index in [-0.39, 0.29) is 5.91 Å². The van der Waals surface area contributed by atoms with Crippen LogP contribution in [0.2, 0.25) is 0 Å². The van der Waals surface area contributed by atoms with Crippen LogP contribution in [0.4, 0.5) is 0 Å². The van der Waals surface area contributed by atoms with Crippen LogP contribution in [0.1, 0.15) is 38.1 Å². The number of likely N-dealkylation sites (N-methyl/N-ethyl adjacent to an activating group) is 1. The van der Waals surface area contributed by atoms with E-state index in [1.807, 2.05) is 43.5 Å². The minimum absolute atomic E-state index is 0.0861. The van der Waals surface area contributed by atoms with Crippen LogP contribution in [0.5, 0.6) is 0 Å². The first-order chi connectivity index (χ1) is 13.6.